The lowest BCUT2D eigenvalue weighted by molar-refractivity contribution is -0.144. The van der Waals surface area contributed by atoms with Crippen LogP contribution in [-0.2, 0) is 4.79 Å². The Balaban J connectivity index is 2.32. The van der Waals surface area contributed by atoms with Crippen molar-refractivity contribution in [1.82, 2.24) is 10.6 Å². The minimum absolute atomic E-state index is 0.358. The Labute approximate surface area is 108 Å². The van der Waals surface area contributed by atoms with Crippen LogP contribution in [0.15, 0.2) is 0 Å². The smallest absolute Gasteiger partial charge is 0.329 e. The number of carbonyl (C=O) groups is 2. The van der Waals surface area contributed by atoms with Crippen LogP contribution in [0.4, 0.5) is 4.79 Å². The standard InChI is InChI=1S/C13H24N2O3/c1-10(2)6-5-9-14-12(18)15-13(11(16)17)7-3-4-8-13/h10H,3-9H2,1-2H3,(H,16,17)(H2,14,15,18). The molecule has 0 radical (unpaired) electrons. The number of carboxylic acids is 1. The zero-order valence-electron chi connectivity index (χ0n) is 11.3. The van der Waals surface area contributed by atoms with E-state index in [-0.39, 0.29) is 6.03 Å². The number of aliphatic carboxylic acids is 1. The molecule has 0 heterocycles. The van der Waals surface area contributed by atoms with Gasteiger partial charge in [-0.05, 0) is 31.6 Å². The van der Waals surface area contributed by atoms with Crippen molar-refractivity contribution in [3.05, 3.63) is 0 Å². The molecule has 0 aromatic rings. The monoisotopic (exact) mass is 256 g/mol. The fourth-order valence-electron chi connectivity index (χ4n) is 2.34. The van der Waals surface area contributed by atoms with Gasteiger partial charge in [0.25, 0.3) is 0 Å². The van der Waals surface area contributed by atoms with E-state index in [1.807, 2.05) is 0 Å². The second-order valence-corrected chi connectivity index (χ2v) is 5.51. The van der Waals surface area contributed by atoms with E-state index in [2.05, 4.69) is 24.5 Å². The number of amides is 2. The first-order valence-electron chi connectivity index (χ1n) is 6.76. The van der Waals surface area contributed by atoms with Gasteiger partial charge in [-0.25, -0.2) is 9.59 Å². The summed E-state index contributed by atoms with van der Waals surface area (Å²) >= 11 is 0. The lowest BCUT2D eigenvalue weighted by Gasteiger charge is -2.25. The molecule has 0 saturated heterocycles. The van der Waals surface area contributed by atoms with E-state index in [0.717, 1.165) is 25.7 Å². The van der Waals surface area contributed by atoms with E-state index in [4.69, 9.17) is 0 Å². The summed E-state index contributed by atoms with van der Waals surface area (Å²) in [6, 6.07) is -0.358. The minimum atomic E-state index is -1.04. The third-order valence-electron chi connectivity index (χ3n) is 3.46. The van der Waals surface area contributed by atoms with Crippen molar-refractivity contribution in [1.29, 1.82) is 0 Å². The Hall–Kier alpha value is -1.26. The van der Waals surface area contributed by atoms with Crippen molar-refractivity contribution in [2.24, 2.45) is 5.92 Å². The van der Waals surface area contributed by atoms with Crippen molar-refractivity contribution < 1.29 is 14.7 Å². The Morgan fingerprint density at radius 2 is 1.89 bits per heavy atom. The highest BCUT2D eigenvalue weighted by molar-refractivity contribution is 5.86. The molecule has 5 nitrogen and oxygen atoms in total. The Bertz CT molecular complexity index is 297. The van der Waals surface area contributed by atoms with E-state index >= 15 is 0 Å². The molecule has 0 spiro atoms. The van der Waals surface area contributed by atoms with Gasteiger partial charge in [-0.3, -0.25) is 0 Å². The zero-order valence-corrected chi connectivity index (χ0v) is 11.3. The van der Waals surface area contributed by atoms with E-state index in [1.54, 1.807) is 0 Å². The number of rotatable bonds is 6. The highest BCUT2D eigenvalue weighted by Gasteiger charge is 2.42. The van der Waals surface area contributed by atoms with E-state index in [0.29, 0.717) is 25.3 Å². The summed E-state index contributed by atoms with van der Waals surface area (Å²) in [4.78, 5) is 22.9. The van der Waals surface area contributed by atoms with Crippen molar-refractivity contribution in [2.75, 3.05) is 6.54 Å². The molecule has 1 aliphatic carbocycles. The highest BCUT2D eigenvalue weighted by atomic mass is 16.4. The summed E-state index contributed by atoms with van der Waals surface area (Å²) in [5.74, 6) is -0.299. The molecule has 0 aromatic carbocycles. The average Bonchev–Trinajstić information content (AvgIpc) is 2.74. The third kappa shape index (κ3) is 4.20. The van der Waals surface area contributed by atoms with Gasteiger partial charge in [0, 0.05) is 6.54 Å². The Kier molecular flexibility index (Phi) is 5.44. The molecule has 1 fully saturated rings. The first kappa shape index (κ1) is 14.8. The number of nitrogens with one attached hydrogen (secondary N) is 2. The van der Waals surface area contributed by atoms with Crippen LogP contribution in [0.3, 0.4) is 0 Å². The van der Waals surface area contributed by atoms with Gasteiger partial charge in [-0.15, -0.1) is 0 Å². The molecule has 0 aliphatic heterocycles. The van der Waals surface area contributed by atoms with Gasteiger partial charge in [0.1, 0.15) is 5.54 Å². The highest BCUT2D eigenvalue weighted by Crippen LogP contribution is 2.29. The Morgan fingerprint density at radius 3 is 2.39 bits per heavy atom. The lowest BCUT2D eigenvalue weighted by atomic mass is 9.98. The molecule has 5 heteroatoms. The number of hydrogen-bond donors (Lipinski definition) is 3. The molecule has 1 rings (SSSR count). The second-order valence-electron chi connectivity index (χ2n) is 5.51. The van der Waals surface area contributed by atoms with Gasteiger partial charge in [0.15, 0.2) is 0 Å². The number of hydrogen-bond acceptors (Lipinski definition) is 2. The van der Waals surface area contributed by atoms with Crippen molar-refractivity contribution in [2.45, 2.75) is 57.9 Å². The summed E-state index contributed by atoms with van der Waals surface area (Å²) in [5.41, 5.74) is -1.04. The van der Waals surface area contributed by atoms with Gasteiger partial charge in [-0.1, -0.05) is 26.7 Å². The zero-order chi connectivity index (χ0) is 13.6. The molecule has 104 valence electrons. The molecule has 0 aromatic heterocycles. The molecule has 1 aliphatic rings. The first-order chi connectivity index (χ1) is 8.46. The average molecular weight is 256 g/mol. The molecule has 3 N–H and O–H groups in total. The van der Waals surface area contributed by atoms with Gasteiger partial charge in [0.05, 0.1) is 0 Å². The molecule has 1 saturated carbocycles. The summed E-state index contributed by atoms with van der Waals surface area (Å²) in [5, 5.41) is 14.6. The third-order valence-corrected chi connectivity index (χ3v) is 3.46. The number of urea groups is 1. The second kappa shape index (κ2) is 6.61. The van der Waals surface area contributed by atoms with E-state index in [1.165, 1.54) is 0 Å². The maximum atomic E-state index is 11.7. The van der Waals surface area contributed by atoms with Crippen LogP contribution < -0.4 is 10.6 Å². The van der Waals surface area contributed by atoms with E-state index in [9.17, 15) is 14.7 Å². The van der Waals surface area contributed by atoms with Crippen LogP contribution in [0.25, 0.3) is 0 Å². The fourth-order valence-corrected chi connectivity index (χ4v) is 2.34. The van der Waals surface area contributed by atoms with Crippen LogP contribution in [0.1, 0.15) is 52.4 Å². The SMILES string of the molecule is CC(C)CCCNC(=O)NC1(C(=O)O)CCCC1. The molecule has 0 atom stereocenters. The van der Waals surface area contributed by atoms with Crippen molar-refractivity contribution in [3.8, 4) is 0 Å². The summed E-state index contributed by atoms with van der Waals surface area (Å²) < 4.78 is 0. The van der Waals surface area contributed by atoms with E-state index < -0.39 is 11.5 Å². The van der Waals surface area contributed by atoms with Gasteiger partial charge >= 0.3 is 12.0 Å². The van der Waals surface area contributed by atoms with Crippen molar-refractivity contribution >= 4 is 12.0 Å². The largest absolute Gasteiger partial charge is 0.480 e. The maximum Gasteiger partial charge on any atom is 0.329 e. The normalized spacial score (nSPS) is 17.7. The summed E-state index contributed by atoms with van der Waals surface area (Å²) in [6.45, 7) is 4.87. The van der Waals surface area contributed by atoms with Crippen LogP contribution in [-0.4, -0.2) is 29.2 Å². The minimum Gasteiger partial charge on any atom is -0.480 e. The van der Waals surface area contributed by atoms with Crippen LogP contribution in [0, 0.1) is 5.92 Å². The molecular weight excluding hydrogens is 232 g/mol. The number of carbonyl (C=O) groups excluding carboxylic acids is 1. The quantitative estimate of drug-likeness (QED) is 0.637. The maximum absolute atomic E-state index is 11.7. The van der Waals surface area contributed by atoms with Gasteiger partial charge in [-0.2, -0.15) is 0 Å². The molecule has 0 bridgehead atoms. The first-order valence-corrected chi connectivity index (χ1v) is 6.76. The summed E-state index contributed by atoms with van der Waals surface area (Å²) in [6.07, 6.45) is 4.76. The number of carboxylic acid groups (broad SMARTS) is 1. The lowest BCUT2D eigenvalue weighted by Crippen LogP contribution is -2.55. The van der Waals surface area contributed by atoms with Crippen molar-refractivity contribution in [3.63, 3.8) is 0 Å². The van der Waals surface area contributed by atoms with Crippen LogP contribution in [0.2, 0.25) is 0 Å². The van der Waals surface area contributed by atoms with Crippen LogP contribution >= 0.6 is 0 Å². The molecule has 0 unspecified atom stereocenters. The summed E-state index contributed by atoms with van der Waals surface area (Å²) in [7, 11) is 0. The van der Waals surface area contributed by atoms with Crippen LogP contribution in [0.5, 0.6) is 0 Å². The predicted octanol–water partition coefficient (Wildman–Crippen LogP) is 2.12. The van der Waals surface area contributed by atoms with Gasteiger partial charge < -0.3 is 15.7 Å². The molecular formula is C13H24N2O3. The Morgan fingerprint density at radius 1 is 1.28 bits per heavy atom. The fraction of sp³-hybridized carbons (Fsp3) is 0.846. The van der Waals surface area contributed by atoms with Gasteiger partial charge in [0.2, 0.25) is 0 Å². The molecule has 18 heavy (non-hydrogen) atoms. The topological polar surface area (TPSA) is 78.4 Å². The molecule has 2 amide bonds. The predicted molar refractivity (Wildman–Crippen MR) is 69.4 cm³/mol.